The molecule has 1 amide bonds. The van der Waals surface area contributed by atoms with E-state index in [1.165, 1.54) is 0 Å². The lowest BCUT2D eigenvalue weighted by Crippen LogP contribution is -2.30. The summed E-state index contributed by atoms with van der Waals surface area (Å²) in [6, 6.07) is 9.69. The van der Waals surface area contributed by atoms with E-state index in [0.717, 1.165) is 46.6 Å². The SMILES string of the molecule is CC(C)(C)c1cc(NC(=O)COC(=O)C2CCCCC2c2nc3ccccc3s2)on1. The van der Waals surface area contributed by atoms with Crippen LogP contribution in [-0.2, 0) is 19.7 Å². The van der Waals surface area contributed by atoms with Crippen LogP contribution in [0.2, 0.25) is 0 Å². The smallest absolute Gasteiger partial charge is 0.310 e. The standard InChI is InChI=1S/C23H27N3O4S/c1-23(2,3)18-12-20(30-26-18)25-19(27)13-29-22(28)15-9-5-4-8-14(15)21-24-16-10-6-7-11-17(16)31-21/h6-7,10-12,14-15H,4-5,8-9,13H2,1-3H3,(H,25,27). The second-order valence-corrected chi connectivity index (χ2v) is 10.1. The van der Waals surface area contributed by atoms with Crippen molar-refractivity contribution >= 4 is 39.3 Å². The molecule has 0 saturated heterocycles. The molecule has 8 heteroatoms. The molecule has 1 aliphatic rings. The molecule has 3 aromatic rings. The number of hydrogen-bond acceptors (Lipinski definition) is 7. The minimum absolute atomic E-state index is 0.0327. The zero-order valence-corrected chi connectivity index (χ0v) is 18.8. The van der Waals surface area contributed by atoms with Gasteiger partial charge in [-0.05, 0) is 25.0 Å². The van der Waals surface area contributed by atoms with Crippen LogP contribution in [-0.4, -0.2) is 28.6 Å². The summed E-state index contributed by atoms with van der Waals surface area (Å²) < 4.78 is 11.7. The molecule has 1 fully saturated rings. The van der Waals surface area contributed by atoms with E-state index in [2.05, 4.69) is 10.5 Å². The van der Waals surface area contributed by atoms with Gasteiger partial charge in [0.15, 0.2) is 6.61 Å². The number of ether oxygens (including phenoxy) is 1. The summed E-state index contributed by atoms with van der Waals surface area (Å²) in [7, 11) is 0. The Balaban J connectivity index is 1.37. The highest BCUT2D eigenvalue weighted by Crippen LogP contribution is 2.41. The molecule has 2 heterocycles. The summed E-state index contributed by atoms with van der Waals surface area (Å²) in [6.45, 7) is 5.66. The second-order valence-electron chi connectivity index (χ2n) is 9.00. The van der Waals surface area contributed by atoms with Crippen molar-refractivity contribution in [1.82, 2.24) is 10.1 Å². The third kappa shape index (κ3) is 4.95. The molecule has 31 heavy (non-hydrogen) atoms. The highest BCUT2D eigenvalue weighted by atomic mass is 32.1. The zero-order valence-electron chi connectivity index (χ0n) is 18.0. The van der Waals surface area contributed by atoms with Gasteiger partial charge < -0.3 is 9.26 Å². The number of anilines is 1. The maximum Gasteiger partial charge on any atom is 0.310 e. The Morgan fingerprint density at radius 3 is 2.74 bits per heavy atom. The maximum absolute atomic E-state index is 12.8. The van der Waals surface area contributed by atoms with Crippen LogP contribution < -0.4 is 5.32 Å². The first-order valence-corrected chi connectivity index (χ1v) is 11.4. The van der Waals surface area contributed by atoms with Crippen LogP contribution in [0.4, 0.5) is 5.88 Å². The molecule has 0 spiro atoms. The van der Waals surface area contributed by atoms with Gasteiger partial charge in [0.1, 0.15) is 0 Å². The maximum atomic E-state index is 12.8. The number of fused-ring (bicyclic) bond motifs is 1. The van der Waals surface area contributed by atoms with Crippen molar-refractivity contribution in [3.8, 4) is 0 Å². The van der Waals surface area contributed by atoms with Crippen molar-refractivity contribution in [2.75, 3.05) is 11.9 Å². The van der Waals surface area contributed by atoms with Crippen LogP contribution in [0.1, 0.15) is 63.1 Å². The van der Waals surface area contributed by atoms with E-state index in [0.29, 0.717) is 0 Å². The Morgan fingerprint density at radius 2 is 2.00 bits per heavy atom. The topological polar surface area (TPSA) is 94.3 Å². The summed E-state index contributed by atoms with van der Waals surface area (Å²) in [5.41, 5.74) is 1.51. The van der Waals surface area contributed by atoms with Crippen LogP contribution in [0.25, 0.3) is 10.2 Å². The number of hydrogen-bond donors (Lipinski definition) is 1. The van der Waals surface area contributed by atoms with Crippen molar-refractivity contribution in [3.05, 3.63) is 41.0 Å². The number of nitrogens with zero attached hydrogens (tertiary/aromatic N) is 2. The van der Waals surface area contributed by atoms with Crippen molar-refractivity contribution in [3.63, 3.8) is 0 Å². The van der Waals surface area contributed by atoms with Gasteiger partial charge in [-0.2, -0.15) is 0 Å². The van der Waals surface area contributed by atoms with Crippen molar-refractivity contribution < 1.29 is 18.8 Å². The van der Waals surface area contributed by atoms with Crippen LogP contribution >= 0.6 is 11.3 Å². The summed E-state index contributed by atoms with van der Waals surface area (Å²) >= 11 is 1.64. The third-order valence-electron chi connectivity index (χ3n) is 5.58. The van der Waals surface area contributed by atoms with Crippen LogP contribution in [0, 0.1) is 5.92 Å². The molecule has 1 N–H and O–H groups in total. The number of nitrogens with one attached hydrogen (secondary N) is 1. The molecular weight excluding hydrogens is 414 g/mol. The molecule has 0 aliphatic heterocycles. The fourth-order valence-electron chi connectivity index (χ4n) is 3.86. The average Bonchev–Trinajstić information content (AvgIpc) is 3.39. The van der Waals surface area contributed by atoms with E-state index in [4.69, 9.17) is 14.2 Å². The highest BCUT2D eigenvalue weighted by molar-refractivity contribution is 7.18. The number of rotatable bonds is 5. The third-order valence-corrected chi connectivity index (χ3v) is 6.75. The lowest BCUT2D eigenvalue weighted by atomic mass is 9.79. The minimum Gasteiger partial charge on any atom is -0.455 e. The highest BCUT2D eigenvalue weighted by Gasteiger charge is 2.35. The lowest BCUT2D eigenvalue weighted by Gasteiger charge is -2.28. The first-order valence-electron chi connectivity index (χ1n) is 10.6. The average molecular weight is 442 g/mol. The number of thiazole rings is 1. The Hall–Kier alpha value is -2.74. The number of carbonyl (C=O) groups is 2. The predicted molar refractivity (Wildman–Crippen MR) is 119 cm³/mol. The van der Waals surface area contributed by atoms with E-state index in [-0.39, 0.29) is 35.7 Å². The lowest BCUT2D eigenvalue weighted by molar-refractivity contribution is -0.153. The van der Waals surface area contributed by atoms with Crippen LogP contribution in [0.15, 0.2) is 34.9 Å². The number of benzene rings is 1. The summed E-state index contributed by atoms with van der Waals surface area (Å²) in [4.78, 5) is 29.8. The molecular formula is C23H27N3O4S. The summed E-state index contributed by atoms with van der Waals surface area (Å²) in [6.07, 6.45) is 3.69. The summed E-state index contributed by atoms with van der Waals surface area (Å²) in [5.74, 6) is -0.787. The van der Waals surface area contributed by atoms with Gasteiger partial charge in [-0.1, -0.05) is 50.9 Å². The van der Waals surface area contributed by atoms with E-state index in [1.54, 1.807) is 17.4 Å². The van der Waals surface area contributed by atoms with Crippen LogP contribution in [0.3, 0.4) is 0 Å². The van der Waals surface area contributed by atoms with Gasteiger partial charge in [-0.25, -0.2) is 4.98 Å². The fraction of sp³-hybridized carbons (Fsp3) is 0.478. The first-order chi connectivity index (χ1) is 14.8. The molecule has 1 aliphatic carbocycles. The number of para-hydroxylation sites is 1. The molecule has 1 saturated carbocycles. The first kappa shape index (κ1) is 21.5. The van der Waals surface area contributed by atoms with Gasteiger partial charge >= 0.3 is 5.97 Å². The Morgan fingerprint density at radius 1 is 1.23 bits per heavy atom. The number of amides is 1. The number of carbonyl (C=O) groups excluding carboxylic acids is 2. The molecule has 7 nitrogen and oxygen atoms in total. The van der Waals surface area contributed by atoms with E-state index >= 15 is 0 Å². The molecule has 2 atom stereocenters. The van der Waals surface area contributed by atoms with Crippen molar-refractivity contribution in [2.24, 2.45) is 5.92 Å². The van der Waals surface area contributed by atoms with E-state index in [1.807, 2.05) is 45.0 Å². The zero-order chi connectivity index (χ0) is 22.0. The summed E-state index contributed by atoms with van der Waals surface area (Å²) in [5, 5.41) is 7.54. The fourth-order valence-corrected chi connectivity index (χ4v) is 5.03. The largest absolute Gasteiger partial charge is 0.455 e. The molecule has 2 unspecified atom stereocenters. The predicted octanol–water partition coefficient (Wildman–Crippen LogP) is 5.04. The molecule has 2 aromatic heterocycles. The van der Waals surface area contributed by atoms with Crippen molar-refractivity contribution in [2.45, 2.75) is 57.8 Å². The van der Waals surface area contributed by atoms with Gasteiger partial charge in [-0.15, -0.1) is 11.3 Å². The van der Waals surface area contributed by atoms with Gasteiger partial charge in [-0.3, -0.25) is 14.9 Å². The normalized spacial score (nSPS) is 19.3. The Kier molecular flexibility index (Phi) is 6.09. The molecule has 164 valence electrons. The molecule has 4 rings (SSSR count). The Labute approximate surface area is 185 Å². The van der Waals surface area contributed by atoms with E-state index in [9.17, 15) is 9.59 Å². The number of esters is 1. The number of aromatic nitrogens is 2. The molecule has 0 bridgehead atoms. The van der Waals surface area contributed by atoms with Gasteiger partial charge in [0.2, 0.25) is 5.88 Å². The van der Waals surface area contributed by atoms with Gasteiger partial charge in [0.25, 0.3) is 5.91 Å². The second kappa shape index (κ2) is 8.78. The molecule has 0 radical (unpaired) electrons. The van der Waals surface area contributed by atoms with Gasteiger partial charge in [0, 0.05) is 17.4 Å². The molecule has 1 aromatic carbocycles. The quantitative estimate of drug-likeness (QED) is 0.558. The monoisotopic (exact) mass is 441 g/mol. The van der Waals surface area contributed by atoms with Crippen molar-refractivity contribution in [1.29, 1.82) is 0 Å². The Bertz CT molecular complexity index is 1050. The van der Waals surface area contributed by atoms with Gasteiger partial charge in [0.05, 0.1) is 26.8 Å². The van der Waals surface area contributed by atoms with Crippen LogP contribution in [0.5, 0.6) is 0 Å². The minimum atomic E-state index is -0.447. The van der Waals surface area contributed by atoms with E-state index < -0.39 is 5.91 Å².